The van der Waals surface area contributed by atoms with Gasteiger partial charge in [0.1, 0.15) is 12.1 Å². The molecule has 0 saturated carbocycles. The van der Waals surface area contributed by atoms with Crippen molar-refractivity contribution in [1.82, 2.24) is 5.32 Å². The maximum atomic E-state index is 12.5. The number of rotatable bonds is 11. The fourth-order valence-corrected chi connectivity index (χ4v) is 2.30. The normalized spacial score (nSPS) is 12.7. The van der Waals surface area contributed by atoms with E-state index < -0.39 is 29.8 Å². The van der Waals surface area contributed by atoms with Crippen molar-refractivity contribution in [2.24, 2.45) is 0 Å². The van der Waals surface area contributed by atoms with Gasteiger partial charge in [0, 0.05) is 12.8 Å². The minimum atomic E-state index is -1.25. The number of nitrogens with zero attached hydrogens (tertiary/aromatic N) is 2. The minimum absolute atomic E-state index is 0.119. The lowest BCUT2D eigenvalue weighted by atomic mass is 10.1. The van der Waals surface area contributed by atoms with E-state index in [9.17, 15) is 19.5 Å². The fraction of sp³-hybridized carbons (Fsp3) is 0.444. The number of benzene rings is 1. The molecule has 1 aromatic rings. The third-order valence-electron chi connectivity index (χ3n) is 3.49. The molecule has 2 atom stereocenters. The smallest absolute Gasteiger partial charge is 0.326 e. The molecule has 0 heterocycles. The molecule has 0 aliphatic carbocycles. The van der Waals surface area contributed by atoms with Crippen LogP contribution in [0.2, 0.25) is 0 Å². The third-order valence-corrected chi connectivity index (χ3v) is 3.49. The molecule has 0 bridgehead atoms. The Balaban J connectivity index is 2.78. The van der Waals surface area contributed by atoms with Crippen LogP contribution in [-0.2, 0) is 25.5 Å². The van der Waals surface area contributed by atoms with Gasteiger partial charge in [0.25, 0.3) is 0 Å². The number of Topliss-reactive ketones (excluding diaryl/α,β-unsaturated/α-hetero) is 1. The van der Waals surface area contributed by atoms with E-state index in [1.165, 1.54) is 0 Å². The van der Waals surface area contributed by atoms with Crippen molar-refractivity contribution < 1.29 is 29.0 Å². The first-order valence-electron chi connectivity index (χ1n) is 8.26. The molecule has 1 aromatic carbocycles. The van der Waals surface area contributed by atoms with Crippen LogP contribution in [0.4, 0.5) is 0 Å². The predicted octanol–water partition coefficient (Wildman–Crippen LogP) is 1.24. The van der Waals surface area contributed by atoms with Gasteiger partial charge in [-0.3, -0.25) is 9.59 Å². The zero-order chi connectivity index (χ0) is 19.5. The molecule has 1 amide bonds. The van der Waals surface area contributed by atoms with Crippen molar-refractivity contribution in [2.75, 3.05) is 0 Å². The molecule has 0 saturated heterocycles. The molecule has 140 valence electrons. The summed E-state index contributed by atoms with van der Waals surface area (Å²) < 4.78 is 5.63. The molecule has 26 heavy (non-hydrogen) atoms. The molecule has 8 nitrogen and oxygen atoms in total. The Morgan fingerprint density at radius 1 is 1.27 bits per heavy atom. The van der Waals surface area contributed by atoms with Gasteiger partial charge < -0.3 is 20.7 Å². The monoisotopic (exact) mass is 361 g/mol. The summed E-state index contributed by atoms with van der Waals surface area (Å²) >= 11 is 0. The fourth-order valence-electron chi connectivity index (χ4n) is 2.30. The largest absolute Gasteiger partial charge is 0.480 e. The van der Waals surface area contributed by atoms with Gasteiger partial charge in [0.05, 0.1) is 6.10 Å². The van der Waals surface area contributed by atoms with E-state index in [1.54, 1.807) is 13.8 Å². The molecular formula is C18H23N3O5. The van der Waals surface area contributed by atoms with Crippen LogP contribution in [0, 0.1) is 0 Å². The molecule has 0 aromatic heterocycles. The van der Waals surface area contributed by atoms with Gasteiger partial charge in [-0.1, -0.05) is 30.3 Å². The van der Waals surface area contributed by atoms with Crippen LogP contribution in [0.1, 0.15) is 32.3 Å². The summed E-state index contributed by atoms with van der Waals surface area (Å²) in [5.41, 5.74) is 9.18. The summed E-state index contributed by atoms with van der Waals surface area (Å²) in [6.07, 6.45) is -0.371. The van der Waals surface area contributed by atoms with Gasteiger partial charge in [-0.15, -0.1) is 0 Å². The highest BCUT2D eigenvalue weighted by atomic mass is 16.5. The SMILES string of the molecule is CC(C)O[C@@H](Cc1ccccc1)C(=O)N[C@@H](CCC(=O)C=[N+]=[N-])C(=O)O. The lowest BCUT2D eigenvalue weighted by molar-refractivity contribution is -0.145. The van der Waals surface area contributed by atoms with E-state index in [0.717, 1.165) is 5.56 Å². The number of hydrogen-bond acceptors (Lipinski definition) is 4. The first-order valence-corrected chi connectivity index (χ1v) is 8.26. The maximum Gasteiger partial charge on any atom is 0.326 e. The molecule has 0 unspecified atom stereocenters. The van der Waals surface area contributed by atoms with E-state index in [0.29, 0.717) is 12.6 Å². The lowest BCUT2D eigenvalue weighted by Gasteiger charge is -2.22. The zero-order valence-corrected chi connectivity index (χ0v) is 14.8. The van der Waals surface area contributed by atoms with Crippen molar-refractivity contribution in [2.45, 2.75) is 51.4 Å². The summed E-state index contributed by atoms with van der Waals surface area (Å²) in [7, 11) is 0. The molecule has 0 fully saturated rings. The van der Waals surface area contributed by atoms with Gasteiger partial charge in [0.15, 0.2) is 0 Å². The van der Waals surface area contributed by atoms with Gasteiger partial charge in [-0.25, -0.2) is 4.79 Å². The lowest BCUT2D eigenvalue weighted by Crippen LogP contribution is -2.47. The summed E-state index contributed by atoms with van der Waals surface area (Å²) in [6.45, 7) is 3.57. The quantitative estimate of drug-likeness (QED) is 0.348. The molecule has 8 heteroatoms. The van der Waals surface area contributed by atoms with E-state index >= 15 is 0 Å². The number of carboxylic acids is 1. The summed E-state index contributed by atoms with van der Waals surface area (Å²) in [4.78, 5) is 37.8. The Bertz CT molecular complexity index is 669. The van der Waals surface area contributed by atoms with Crippen LogP contribution in [0.3, 0.4) is 0 Å². The third kappa shape index (κ3) is 7.83. The van der Waals surface area contributed by atoms with Gasteiger partial charge >= 0.3 is 12.2 Å². The minimum Gasteiger partial charge on any atom is -0.480 e. The van der Waals surface area contributed by atoms with Crippen LogP contribution in [0.25, 0.3) is 5.53 Å². The van der Waals surface area contributed by atoms with Crippen molar-refractivity contribution in [3.63, 3.8) is 0 Å². The molecular weight excluding hydrogens is 338 g/mol. The number of nitrogens with one attached hydrogen (secondary N) is 1. The average molecular weight is 361 g/mol. The van der Waals surface area contributed by atoms with E-state index in [4.69, 9.17) is 10.3 Å². The van der Waals surface area contributed by atoms with Crippen molar-refractivity contribution in [3.05, 3.63) is 41.4 Å². The first-order chi connectivity index (χ1) is 12.3. The van der Waals surface area contributed by atoms with Gasteiger partial charge in [0.2, 0.25) is 11.7 Å². The second-order valence-corrected chi connectivity index (χ2v) is 6.01. The second kappa shape index (κ2) is 10.9. The summed E-state index contributed by atoms with van der Waals surface area (Å²) in [6, 6.07) is 8.00. The van der Waals surface area contributed by atoms with E-state index in [2.05, 4.69) is 10.1 Å². The highest BCUT2D eigenvalue weighted by molar-refractivity contribution is 6.25. The molecule has 0 aliphatic heterocycles. The van der Waals surface area contributed by atoms with Crippen molar-refractivity contribution >= 4 is 23.9 Å². The Morgan fingerprint density at radius 2 is 1.92 bits per heavy atom. The summed E-state index contributed by atoms with van der Waals surface area (Å²) in [5, 5.41) is 11.7. The summed E-state index contributed by atoms with van der Waals surface area (Å²) in [5.74, 6) is -2.35. The number of aliphatic carboxylic acids is 1. The van der Waals surface area contributed by atoms with Crippen LogP contribution in [0.5, 0.6) is 0 Å². The number of hydrogen-bond donors (Lipinski definition) is 2. The highest BCUT2D eigenvalue weighted by Gasteiger charge is 2.27. The van der Waals surface area contributed by atoms with Crippen molar-refractivity contribution in [3.8, 4) is 0 Å². The molecule has 1 rings (SSSR count). The second-order valence-electron chi connectivity index (χ2n) is 6.01. The molecule has 0 aliphatic rings. The number of carbonyl (C=O) groups is 3. The molecule has 0 spiro atoms. The topological polar surface area (TPSA) is 129 Å². The van der Waals surface area contributed by atoms with Crippen LogP contribution in [-0.4, -0.2) is 52.0 Å². The highest BCUT2D eigenvalue weighted by Crippen LogP contribution is 2.10. The molecule has 0 radical (unpaired) electrons. The van der Waals surface area contributed by atoms with E-state index in [-0.39, 0.29) is 18.9 Å². The van der Waals surface area contributed by atoms with Crippen LogP contribution >= 0.6 is 0 Å². The van der Waals surface area contributed by atoms with Crippen molar-refractivity contribution in [1.29, 1.82) is 0 Å². The standard InChI is InChI=1S/C18H23N3O5/c1-12(2)26-16(10-13-6-4-3-5-7-13)17(23)21-15(18(24)25)9-8-14(22)11-20-19/h3-7,11-12,15-16H,8-10H2,1-2H3,(H,21,23)(H,24,25)/t15-,16-/m0/s1. The first kappa shape index (κ1) is 21.2. The zero-order valence-electron chi connectivity index (χ0n) is 14.8. The predicted molar refractivity (Wildman–Crippen MR) is 93.6 cm³/mol. The van der Waals surface area contributed by atoms with Gasteiger partial charge in [-0.2, -0.15) is 4.79 Å². The number of carbonyl (C=O) groups excluding carboxylic acids is 2. The Morgan fingerprint density at radius 3 is 2.46 bits per heavy atom. The average Bonchev–Trinajstić information content (AvgIpc) is 2.58. The molecule has 2 N–H and O–H groups in total. The number of ketones is 1. The number of carboxylic acid groups (broad SMARTS) is 1. The Kier molecular flexibility index (Phi) is 8.91. The van der Waals surface area contributed by atoms with Crippen LogP contribution in [0.15, 0.2) is 30.3 Å². The number of amides is 1. The van der Waals surface area contributed by atoms with E-state index in [1.807, 2.05) is 30.3 Å². The Labute approximate surface area is 151 Å². The van der Waals surface area contributed by atoms with Gasteiger partial charge in [-0.05, 0) is 25.8 Å². The maximum absolute atomic E-state index is 12.5. The number of ether oxygens (including phenoxy) is 1. The Hall–Kier alpha value is -2.83. The van der Waals surface area contributed by atoms with Crippen LogP contribution < -0.4 is 5.32 Å².